The van der Waals surface area contributed by atoms with Gasteiger partial charge in [0.15, 0.2) is 11.0 Å². The van der Waals surface area contributed by atoms with Crippen LogP contribution >= 0.6 is 22.9 Å². The Kier molecular flexibility index (Phi) is 5.33. The van der Waals surface area contributed by atoms with Crippen molar-refractivity contribution < 1.29 is 9.53 Å². The number of aryl methyl sites for hydroxylation is 1. The number of anilines is 1. The van der Waals surface area contributed by atoms with Crippen LogP contribution in [-0.2, 0) is 7.05 Å². The first kappa shape index (κ1) is 19.2. The summed E-state index contributed by atoms with van der Waals surface area (Å²) in [5, 5.41) is 3.78. The molecule has 2 aromatic carbocycles. The van der Waals surface area contributed by atoms with Crippen LogP contribution < -0.4 is 10.1 Å². The lowest BCUT2D eigenvalue weighted by molar-refractivity contribution is 0.102. The van der Waals surface area contributed by atoms with Crippen molar-refractivity contribution in [2.45, 2.75) is 0 Å². The molecule has 2 heterocycles. The van der Waals surface area contributed by atoms with E-state index >= 15 is 0 Å². The number of ether oxygens (including phenoxy) is 1. The van der Waals surface area contributed by atoms with Crippen LogP contribution in [0.4, 0.5) is 5.13 Å². The topological polar surface area (TPSA) is 69.0 Å². The SMILES string of the molecule is COc1ccc(Cl)cc1C(=O)Nc1nc(-c2ccccc2)c(-c2nccn2C)s1. The van der Waals surface area contributed by atoms with Gasteiger partial charge < -0.3 is 9.30 Å². The summed E-state index contributed by atoms with van der Waals surface area (Å²) < 4.78 is 7.20. The maximum Gasteiger partial charge on any atom is 0.261 e. The maximum atomic E-state index is 12.9. The second kappa shape index (κ2) is 8.06. The number of imidazole rings is 1. The van der Waals surface area contributed by atoms with E-state index in [2.05, 4.69) is 15.3 Å². The Bertz CT molecular complexity index is 1170. The Balaban J connectivity index is 1.74. The van der Waals surface area contributed by atoms with E-state index in [1.807, 2.05) is 48.1 Å². The molecule has 2 aromatic heterocycles. The van der Waals surface area contributed by atoms with Crippen molar-refractivity contribution >= 4 is 34.0 Å². The smallest absolute Gasteiger partial charge is 0.261 e. The number of rotatable bonds is 5. The van der Waals surface area contributed by atoms with Gasteiger partial charge in [-0.05, 0) is 18.2 Å². The van der Waals surface area contributed by atoms with Gasteiger partial charge >= 0.3 is 0 Å². The monoisotopic (exact) mass is 424 g/mol. The molecule has 4 rings (SSSR count). The molecule has 29 heavy (non-hydrogen) atoms. The molecular formula is C21H17ClN4O2S. The number of nitrogens with zero attached hydrogens (tertiary/aromatic N) is 3. The summed E-state index contributed by atoms with van der Waals surface area (Å²) in [6.45, 7) is 0. The highest BCUT2D eigenvalue weighted by atomic mass is 35.5. The zero-order chi connectivity index (χ0) is 20.4. The molecule has 0 saturated heterocycles. The molecule has 146 valence electrons. The van der Waals surface area contributed by atoms with E-state index in [-0.39, 0.29) is 5.91 Å². The van der Waals surface area contributed by atoms with Crippen LogP contribution in [0.2, 0.25) is 5.02 Å². The molecule has 0 spiro atoms. The summed E-state index contributed by atoms with van der Waals surface area (Å²) in [5.41, 5.74) is 2.05. The maximum absolute atomic E-state index is 12.9. The quantitative estimate of drug-likeness (QED) is 0.482. The fourth-order valence-corrected chi connectivity index (χ4v) is 4.12. The van der Waals surface area contributed by atoms with Crippen LogP contribution in [0.15, 0.2) is 60.9 Å². The molecule has 1 N–H and O–H groups in total. The van der Waals surface area contributed by atoms with E-state index in [4.69, 9.17) is 16.3 Å². The molecule has 0 aliphatic carbocycles. The van der Waals surface area contributed by atoms with Crippen LogP contribution in [0.3, 0.4) is 0 Å². The number of nitrogens with one attached hydrogen (secondary N) is 1. The lowest BCUT2D eigenvalue weighted by Crippen LogP contribution is -2.13. The molecule has 0 radical (unpaired) electrons. The molecule has 0 atom stereocenters. The van der Waals surface area contributed by atoms with Gasteiger partial charge in [-0.25, -0.2) is 9.97 Å². The normalized spacial score (nSPS) is 10.7. The van der Waals surface area contributed by atoms with Gasteiger partial charge in [0.2, 0.25) is 0 Å². The van der Waals surface area contributed by atoms with E-state index < -0.39 is 0 Å². The fourth-order valence-electron chi connectivity index (χ4n) is 2.92. The van der Waals surface area contributed by atoms with Crippen LogP contribution in [0.25, 0.3) is 22.0 Å². The van der Waals surface area contributed by atoms with E-state index in [1.54, 1.807) is 24.4 Å². The van der Waals surface area contributed by atoms with Gasteiger partial charge in [0.1, 0.15) is 5.75 Å². The van der Waals surface area contributed by atoms with E-state index in [9.17, 15) is 4.79 Å². The molecule has 8 heteroatoms. The van der Waals surface area contributed by atoms with Crippen molar-refractivity contribution in [3.8, 4) is 27.7 Å². The van der Waals surface area contributed by atoms with Crippen molar-refractivity contribution in [2.24, 2.45) is 7.05 Å². The van der Waals surface area contributed by atoms with Crippen molar-refractivity contribution in [3.05, 3.63) is 71.5 Å². The average Bonchev–Trinajstić information content (AvgIpc) is 3.34. The third-order valence-electron chi connectivity index (χ3n) is 4.33. The molecular weight excluding hydrogens is 408 g/mol. The fraction of sp³-hybridized carbons (Fsp3) is 0.0952. The number of thiazole rings is 1. The lowest BCUT2D eigenvalue weighted by Gasteiger charge is -2.08. The van der Waals surface area contributed by atoms with Crippen molar-refractivity contribution in [1.29, 1.82) is 0 Å². The molecule has 0 aliphatic rings. The van der Waals surface area contributed by atoms with Gasteiger partial charge in [-0.15, -0.1) is 0 Å². The largest absolute Gasteiger partial charge is 0.496 e. The molecule has 0 unspecified atom stereocenters. The summed E-state index contributed by atoms with van der Waals surface area (Å²) in [6, 6.07) is 14.7. The van der Waals surface area contributed by atoms with E-state index in [1.165, 1.54) is 18.4 Å². The minimum Gasteiger partial charge on any atom is -0.496 e. The van der Waals surface area contributed by atoms with Gasteiger partial charge in [0, 0.05) is 30.0 Å². The zero-order valence-corrected chi connectivity index (χ0v) is 17.3. The van der Waals surface area contributed by atoms with Crippen LogP contribution in [0.1, 0.15) is 10.4 Å². The van der Waals surface area contributed by atoms with Gasteiger partial charge in [0.05, 0.1) is 23.2 Å². The van der Waals surface area contributed by atoms with Gasteiger partial charge in [-0.2, -0.15) is 0 Å². The summed E-state index contributed by atoms with van der Waals surface area (Å²) in [6.07, 6.45) is 3.61. The van der Waals surface area contributed by atoms with Gasteiger partial charge in [-0.3, -0.25) is 10.1 Å². The number of benzene rings is 2. The predicted octanol–water partition coefficient (Wildman–Crippen LogP) is 5.12. The lowest BCUT2D eigenvalue weighted by atomic mass is 10.1. The van der Waals surface area contributed by atoms with Gasteiger partial charge in [0.25, 0.3) is 5.91 Å². The second-order valence-electron chi connectivity index (χ2n) is 6.22. The first-order valence-electron chi connectivity index (χ1n) is 8.75. The minimum absolute atomic E-state index is 0.343. The molecule has 6 nitrogen and oxygen atoms in total. The first-order chi connectivity index (χ1) is 14.1. The Hall–Kier alpha value is -3.16. The van der Waals surface area contributed by atoms with Crippen molar-refractivity contribution in [3.63, 3.8) is 0 Å². The van der Waals surface area contributed by atoms with Crippen molar-refractivity contribution in [2.75, 3.05) is 12.4 Å². The first-order valence-corrected chi connectivity index (χ1v) is 9.95. The van der Waals surface area contributed by atoms with Crippen LogP contribution in [0.5, 0.6) is 5.75 Å². The van der Waals surface area contributed by atoms with Crippen LogP contribution in [0, 0.1) is 0 Å². The Morgan fingerprint density at radius 3 is 2.69 bits per heavy atom. The standard InChI is InChI=1S/C21H17ClN4O2S/c1-26-11-10-23-19(26)18-17(13-6-4-3-5-7-13)24-21(29-18)25-20(27)15-12-14(22)8-9-16(15)28-2/h3-12H,1-2H3,(H,24,25,27). The zero-order valence-electron chi connectivity index (χ0n) is 15.7. The Morgan fingerprint density at radius 2 is 2.00 bits per heavy atom. The Morgan fingerprint density at radius 1 is 1.21 bits per heavy atom. The predicted molar refractivity (Wildman–Crippen MR) is 116 cm³/mol. The Labute approximate surface area is 176 Å². The molecule has 0 fully saturated rings. The van der Waals surface area contributed by atoms with E-state index in [0.717, 1.165) is 22.0 Å². The third kappa shape index (κ3) is 3.87. The number of hydrogen-bond donors (Lipinski definition) is 1. The summed E-state index contributed by atoms with van der Waals surface area (Å²) in [7, 11) is 3.43. The number of aromatic nitrogens is 3. The number of methoxy groups -OCH3 is 1. The van der Waals surface area contributed by atoms with Crippen molar-refractivity contribution in [1.82, 2.24) is 14.5 Å². The number of carbonyl (C=O) groups is 1. The molecule has 0 bridgehead atoms. The van der Waals surface area contributed by atoms with Gasteiger partial charge in [-0.1, -0.05) is 53.3 Å². The number of hydrogen-bond acceptors (Lipinski definition) is 5. The number of halogens is 1. The molecule has 0 saturated carbocycles. The van der Waals surface area contributed by atoms with E-state index in [0.29, 0.717) is 21.5 Å². The highest BCUT2D eigenvalue weighted by Crippen LogP contribution is 2.38. The molecule has 0 aliphatic heterocycles. The summed E-state index contributed by atoms with van der Waals surface area (Å²) >= 11 is 7.42. The third-order valence-corrected chi connectivity index (χ3v) is 5.53. The average molecular weight is 425 g/mol. The molecule has 4 aromatic rings. The van der Waals surface area contributed by atoms with Crippen LogP contribution in [-0.4, -0.2) is 27.6 Å². The number of amides is 1. The highest BCUT2D eigenvalue weighted by Gasteiger charge is 2.20. The minimum atomic E-state index is -0.343. The second-order valence-corrected chi connectivity index (χ2v) is 7.66. The highest BCUT2D eigenvalue weighted by molar-refractivity contribution is 7.19. The molecule has 1 amide bonds. The summed E-state index contributed by atoms with van der Waals surface area (Å²) in [5.74, 6) is 0.877. The summed E-state index contributed by atoms with van der Waals surface area (Å²) in [4.78, 5) is 22.9. The number of carbonyl (C=O) groups excluding carboxylic acids is 1.